The highest BCUT2D eigenvalue weighted by molar-refractivity contribution is 7.99. The van der Waals surface area contributed by atoms with Crippen LogP contribution < -0.4 is 5.32 Å². The Morgan fingerprint density at radius 3 is 2.42 bits per heavy atom. The van der Waals surface area contributed by atoms with E-state index in [1.807, 2.05) is 13.0 Å². The Morgan fingerprint density at radius 2 is 1.88 bits per heavy atom. The molecule has 1 aliphatic heterocycles. The summed E-state index contributed by atoms with van der Waals surface area (Å²) in [4.78, 5) is 24.1. The van der Waals surface area contributed by atoms with E-state index in [2.05, 4.69) is 10.4 Å². The topological polar surface area (TPSA) is 84.2 Å². The number of aryl methyl sites for hydroxylation is 1. The number of benzene rings is 1. The van der Waals surface area contributed by atoms with Crippen LogP contribution in [0.3, 0.4) is 0 Å². The van der Waals surface area contributed by atoms with Gasteiger partial charge in [-0.2, -0.15) is 16.9 Å². The van der Waals surface area contributed by atoms with Crippen molar-refractivity contribution < 1.29 is 14.7 Å². The van der Waals surface area contributed by atoms with Crippen molar-refractivity contribution in [3.63, 3.8) is 0 Å². The SMILES string of the molecule is Cc1ccnn1-c1ccc(C(=O)NC2(C(=O)O)CCSCC2)cc1. The Bertz CT molecular complexity index is 749. The summed E-state index contributed by atoms with van der Waals surface area (Å²) in [6.07, 6.45) is 2.61. The normalized spacial score (nSPS) is 16.5. The summed E-state index contributed by atoms with van der Waals surface area (Å²) in [6.45, 7) is 1.95. The zero-order valence-corrected chi connectivity index (χ0v) is 14.2. The number of carbonyl (C=O) groups is 2. The molecule has 1 amide bonds. The predicted octanol–water partition coefficient (Wildman–Crippen LogP) is 2.26. The molecular formula is C17H19N3O3S. The van der Waals surface area contributed by atoms with Crippen LogP contribution in [-0.4, -0.2) is 43.8 Å². The highest BCUT2D eigenvalue weighted by atomic mass is 32.2. The third-order valence-corrected chi connectivity index (χ3v) is 5.30. The molecule has 0 radical (unpaired) electrons. The van der Waals surface area contributed by atoms with Gasteiger partial charge >= 0.3 is 5.97 Å². The number of carboxylic acid groups (broad SMARTS) is 1. The second-order valence-corrected chi connectivity index (χ2v) is 7.11. The maximum Gasteiger partial charge on any atom is 0.329 e. The molecule has 2 N–H and O–H groups in total. The zero-order chi connectivity index (χ0) is 17.2. The molecule has 0 spiro atoms. The van der Waals surface area contributed by atoms with Crippen LogP contribution in [0.15, 0.2) is 36.5 Å². The van der Waals surface area contributed by atoms with Gasteiger partial charge in [-0.05, 0) is 61.6 Å². The van der Waals surface area contributed by atoms with Crippen molar-refractivity contribution in [2.24, 2.45) is 0 Å². The molecule has 1 aliphatic rings. The summed E-state index contributed by atoms with van der Waals surface area (Å²) in [5.41, 5.74) is 1.15. The summed E-state index contributed by atoms with van der Waals surface area (Å²) in [5, 5.41) is 16.5. The minimum Gasteiger partial charge on any atom is -0.480 e. The molecule has 0 saturated carbocycles. The minimum atomic E-state index is -1.15. The summed E-state index contributed by atoms with van der Waals surface area (Å²) in [6, 6.07) is 8.90. The number of aliphatic carboxylic acids is 1. The van der Waals surface area contributed by atoms with Gasteiger partial charge in [0.2, 0.25) is 0 Å². The van der Waals surface area contributed by atoms with Gasteiger partial charge in [-0.25, -0.2) is 9.48 Å². The number of hydrogen-bond acceptors (Lipinski definition) is 4. The summed E-state index contributed by atoms with van der Waals surface area (Å²) < 4.78 is 1.78. The van der Waals surface area contributed by atoms with Crippen LogP contribution in [0, 0.1) is 6.92 Å². The summed E-state index contributed by atoms with van der Waals surface area (Å²) in [5.74, 6) is 0.168. The van der Waals surface area contributed by atoms with Crippen LogP contribution in [0.25, 0.3) is 5.69 Å². The van der Waals surface area contributed by atoms with Crippen molar-refractivity contribution in [2.45, 2.75) is 25.3 Å². The van der Waals surface area contributed by atoms with Gasteiger partial charge in [0.1, 0.15) is 5.54 Å². The lowest BCUT2D eigenvalue weighted by molar-refractivity contribution is -0.144. The molecule has 2 aromatic rings. The summed E-state index contributed by atoms with van der Waals surface area (Å²) in [7, 11) is 0. The Balaban J connectivity index is 1.77. The molecule has 1 aromatic carbocycles. The van der Waals surface area contributed by atoms with Crippen molar-refractivity contribution >= 4 is 23.6 Å². The van der Waals surface area contributed by atoms with Crippen molar-refractivity contribution in [2.75, 3.05) is 11.5 Å². The van der Waals surface area contributed by atoms with E-state index in [0.717, 1.165) is 22.9 Å². The first-order valence-corrected chi connectivity index (χ1v) is 8.92. The summed E-state index contributed by atoms with van der Waals surface area (Å²) >= 11 is 1.71. The van der Waals surface area contributed by atoms with Crippen LogP contribution in [-0.2, 0) is 4.79 Å². The van der Waals surface area contributed by atoms with Gasteiger partial charge in [0, 0.05) is 17.5 Å². The predicted molar refractivity (Wildman–Crippen MR) is 92.7 cm³/mol. The van der Waals surface area contributed by atoms with Gasteiger partial charge in [-0.3, -0.25) is 4.79 Å². The molecule has 3 rings (SSSR count). The lowest BCUT2D eigenvalue weighted by Crippen LogP contribution is -2.56. The van der Waals surface area contributed by atoms with Crippen molar-refractivity contribution in [1.82, 2.24) is 15.1 Å². The monoisotopic (exact) mass is 345 g/mol. The molecule has 0 bridgehead atoms. The van der Waals surface area contributed by atoms with E-state index in [9.17, 15) is 14.7 Å². The van der Waals surface area contributed by atoms with Gasteiger partial charge in [-0.15, -0.1) is 0 Å². The maximum absolute atomic E-state index is 12.5. The molecule has 1 fully saturated rings. The van der Waals surface area contributed by atoms with Gasteiger partial charge in [0.05, 0.1) is 5.69 Å². The third-order valence-electron chi connectivity index (χ3n) is 4.31. The smallest absolute Gasteiger partial charge is 0.329 e. The third kappa shape index (κ3) is 3.17. The number of rotatable bonds is 4. The molecule has 1 aromatic heterocycles. The zero-order valence-electron chi connectivity index (χ0n) is 13.4. The van der Waals surface area contributed by atoms with Gasteiger partial charge in [0.25, 0.3) is 5.91 Å². The number of amides is 1. The fourth-order valence-electron chi connectivity index (χ4n) is 2.80. The van der Waals surface area contributed by atoms with Crippen LogP contribution in [0.1, 0.15) is 28.9 Å². The molecule has 0 unspecified atom stereocenters. The second-order valence-electron chi connectivity index (χ2n) is 5.89. The van der Waals surface area contributed by atoms with Crippen LogP contribution in [0.2, 0.25) is 0 Å². The van der Waals surface area contributed by atoms with Crippen LogP contribution >= 0.6 is 11.8 Å². The van der Waals surface area contributed by atoms with E-state index in [1.165, 1.54) is 0 Å². The molecule has 0 aliphatic carbocycles. The Labute approximate surface area is 144 Å². The highest BCUT2D eigenvalue weighted by Gasteiger charge is 2.41. The highest BCUT2D eigenvalue weighted by Crippen LogP contribution is 2.28. The number of nitrogens with one attached hydrogen (secondary N) is 1. The van der Waals surface area contributed by atoms with Gasteiger partial charge in [0.15, 0.2) is 0 Å². The average molecular weight is 345 g/mol. The molecule has 7 heteroatoms. The second kappa shape index (κ2) is 6.68. The van der Waals surface area contributed by atoms with Crippen LogP contribution in [0.4, 0.5) is 0 Å². The molecule has 0 atom stereocenters. The molecule has 2 heterocycles. The molecular weight excluding hydrogens is 326 g/mol. The number of carbonyl (C=O) groups excluding carboxylic acids is 1. The number of thioether (sulfide) groups is 1. The fourth-order valence-corrected chi connectivity index (χ4v) is 3.99. The fraction of sp³-hybridized carbons (Fsp3) is 0.353. The Morgan fingerprint density at radius 1 is 1.21 bits per heavy atom. The van der Waals surface area contributed by atoms with E-state index in [-0.39, 0.29) is 5.91 Å². The van der Waals surface area contributed by atoms with E-state index in [4.69, 9.17) is 0 Å². The van der Waals surface area contributed by atoms with E-state index >= 15 is 0 Å². The van der Waals surface area contributed by atoms with Crippen molar-refractivity contribution in [3.8, 4) is 5.69 Å². The minimum absolute atomic E-state index is 0.354. The number of carboxylic acids is 1. The largest absolute Gasteiger partial charge is 0.480 e. The van der Waals surface area contributed by atoms with Gasteiger partial charge < -0.3 is 10.4 Å². The van der Waals surface area contributed by atoms with Crippen LogP contribution in [0.5, 0.6) is 0 Å². The Hall–Kier alpha value is -2.28. The average Bonchev–Trinajstić information content (AvgIpc) is 3.02. The van der Waals surface area contributed by atoms with Gasteiger partial charge in [-0.1, -0.05) is 0 Å². The quantitative estimate of drug-likeness (QED) is 0.888. The molecule has 6 nitrogen and oxygen atoms in total. The first-order chi connectivity index (χ1) is 11.5. The first-order valence-electron chi connectivity index (χ1n) is 7.77. The van der Waals surface area contributed by atoms with E-state index in [1.54, 1.807) is 46.9 Å². The maximum atomic E-state index is 12.5. The Kier molecular flexibility index (Phi) is 4.62. The number of aromatic nitrogens is 2. The lowest BCUT2D eigenvalue weighted by Gasteiger charge is -2.33. The standard InChI is InChI=1S/C17H19N3O3S/c1-12-6-9-18-20(12)14-4-2-13(3-5-14)15(21)19-17(16(22)23)7-10-24-11-8-17/h2-6,9H,7-8,10-11H2,1H3,(H,19,21)(H,22,23). The molecule has 126 valence electrons. The number of hydrogen-bond donors (Lipinski definition) is 2. The number of nitrogens with zero attached hydrogens (tertiary/aromatic N) is 2. The van der Waals surface area contributed by atoms with Crippen molar-refractivity contribution in [1.29, 1.82) is 0 Å². The van der Waals surface area contributed by atoms with Crippen molar-refractivity contribution in [3.05, 3.63) is 47.8 Å². The molecule has 24 heavy (non-hydrogen) atoms. The van der Waals surface area contributed by atoms with E-state index in [0.29, 0.717) is 18.4 Å². The van der Waals surface area contributed by atoms with E-state index < -0.39 is 11.5 Å². The first kappa shape index (κ1) is 16.6. The lowest BCUT2D eigenvalue weighted by atomic mass is 9.92. The molecule has 1 saturated heterocycles.